The van der Waals surface area contributed by atoms with E-state index in [1.165, 1.54) is 0 Å². The van der Waals surface area contributed by atoms with Gasteiger partial charge in [-0.1, -0.05) is 24.6 Å². The number of likely N-dealkylation sites (N-methyl/N-ethyl adjacent to an activating group) is 1. The smallest absolute Gasteiger partial charge is 0.272 e. The van der Waals surface area contributed by atoms with Gasteiger partial charge in [-0.3, -0.25) is 9.59 Å². The van der Waals surface area contributed by atoms with Gasteiger partial charge in [0.2, 0.25) is 5.91 Å². The van der Waals surface area contributed by atoms with Crippen molar-refractivity contribution in [3.05, 3.63) is 47.3 Å². The van der Waals surface area contributed by atoms with Crippen LogP contribution in [0, 0.1) is 0 Å². The number of fused-ring (bicyclic) bond motifs is 1. The van der Waals surface area contributed by atoms with Crippen molar-refractivity contribution in [2.75, 3.05) is 13.6 Å². The molecule has 1 aromatic heterocycles. The molecule has 2 aromatic rings. The van der Waals surface area contributed by atoms with Crippen LogP contribution in [0.3, 0.4) is 0 Å². The molecule has 1 aliphatic rings. The number of carbonyl (C=O) groups is 2. The Hall–Kier alpha value is -2.63. The summed E-state index contributed by atoms with van der Waals surface area (Å²) in [7, 11) is 1.55. The Balaban J connectivity index is 1.96. The van der Waals surface area contributed by atoms with Gasteiger partial charge in [0.1, 0.15) is 0 Å². The molecule has 0 saturated heterocycles. The van der Waals surface area contributed by atoms with Crippen molar-refractivity contribution in [1.82, 2.24) is 20.4 Å². The molecule has 0 aliphatic heterocycles. The van der Waals surface area contributed by atoms with Gasteiger partial charge in [-0.2, -0.15) is 5.10 Å². The van der Waals surface area contributed by atoms with E-state index in [-0.39, 0.29) is 18.4 Å². The highest BCUT2D eigenvalue weighted by Gasteiger charge is 2.24. The molecule has 0 saturated carbocycles. The van der Waals surface area contributed by atoms with E-state index in [0.717, 1.165) is 49.0 Å². The number of hydrogen-bond acceptors (Lipinski definition) is 3. The van der Waals surface area contributed by atoms with Crippen molar-refractivity contribution in [2.45, 2.75) is 32.1 Å². The first-order valence-corrected chi connectivity index (χ1v) is 8.35. The van der Waals surface area contributed by atoms with E-state index >= 15 is 0 Å². The fraction of sp³-hybridized carbons (Fsp3) is 0.389. The summed E-state index contributed by atoms with van der Waals surface area (Å²) in [5.74, 6) is -0.511. The summed E-state index contributed by atoms with van der Waals surface area (Å²) in [4.78, 5) is 23.9. The van der Waals surface area contributed by atoms with Crippen molar-refractivity contribution in [3.63, 3.8) is 0 Å². The molecule has 1 aromatic carbocycles. The standard InChI is InChI=1S/C18H22N4O2/c1-19-16(23)12-20-18(24)17-14-10-6-3-7-11-15(14)22(21-17)13-8-4-2-5-9-13/h2,4-5,8-9H,3,6-7,10-12H2,1H3,(H,19,23)(H,20,24). The van der Waals surface area contributed by atoms with Crippen LogP contribution in [-0.4, -0.2) is 35.2 Å². The number of para-hydroxylation sites is 1. The molecule has 6 nitrogen and oxygen atoms in total. The zero-order valence-corrected chi connectivity index (χ0v) is 13.8. The lowest BCUT2D eigenvalue weighted by atomic mass is 10.1. The lowest BCUT2D eigenvalue weighted by Crippen LogP contribution is -2.35. The van der Waals surface area contributed by atoms with Crippen molar-refractivity contribution in [1.29, 1.82) is 0 Å². The normalized spacial score (nSPS) is 13.7. The lowest BCUT2D eigenvalue weighted by molar-refractivity contribution is -0.119. The Morgan fingerprint density at radius 1 is 1.12 bits per heavy atom. The minimum atomic E-state index is -0.286. The van der Waals surface area contributed by atoms with Crippen molar-refractivity contribution >= 4 is 11.8 Å². The van der Waals surface area contributed by atoms with E-state index in [4.69, 9.17) is 0 Å². The maximum absolute atomic E-state index is 12.5. The minimum absolute atomic E-state index is 0.0394. The molecule has 126 valence electrons. The zero-order chi connectivity index (χ0) is 16.9. The first-order chi connectivity index (χ1) is 11.7. The lowest BCUT2D eigenvalue weighted by Gasteiger charge is -2.06. The number of aromatic nitrogens is 2. The van der Waals surface area contributed by atoms with Gasteiger partial charge in [0.15, 0.2) is 5.69 Å². The number of rotatable bonds is 4. The van der Waals surface area contributed by atoms with Gasteiger partial charge in [0, 0.05) is 18.3 Å². The Labute approximate surface area is 141 Å². The summed E-state index contributed by atoms with van der Waals surface area (Å²) >= 11 is 0. The first-order valence-electron chi connectivity index (χ1n) is 8.35. The van der Waals surface area contributed by atoms with E-state index in [1.54, 1.807) is 7.05 Å². The highest BCUT2D eigenvalue weighted by atomic mass is 16.2. The van der Waals surface area contributed by atoms with Crippen molar-refractivity contribution in [2.24, 2.45) is 0 Å². The molecule has 1 aliphatic carbocycles. The molecule has 2 N–H and O–H groups in total. The number of hydrogen-bond donors (Lipinski definition) is 2. The summed E-state index contributed by atoms with van der Waals surface area (Å²) in [6.45, 7) is -0.0394. The SMILES string of the molecule is CNC(=O)CNC(=O)c1nn(-c2ccccc2)c2c1CCCCC2. The maximum Gasteiger partial charge on any atom is 0.272 e. The van der Waals surface area contributed by atoms with Gasteiger partial charge < -0.3 is 10.6 Å². The summed E-state index contributed by atoms with van der Waals surface area (Å²) in [6, 6.07) is 9.87. The van der Waals surface area contributed by atoms with Crippen LogP contribution in [0.4, 0.5) is 0 Å². The average Bonchev–Trinajstić information content (AvgIpc) is 2.81. The predicted octanol–water partition coefficient (Wildman–Crippen LogP) is 1.62. The molecule has 2 amide bonds. The minimum Gasteiger partial charge on any atom is -0.358 e. The molecule has 0 spiro atoms. The number of amides is 2. The molecule has 1 heterocycles. The van der Waals surface area contributed by atoms with Crippen LogP contribution in [0.25, 0.3) is 5.69 Å². The molecular weight excluding hydrogens is 304 g/mol. The second kappa shape index (κ2) is 7.29. The van der Waals surface area contributed by atoms with E-state index in [1.807, 2.05) is 35.0 Å². The summed E-state index contributed by atoms with van der Waals surface area (Å²) < 4.78 is 1.88. The Bertz CT molecular complexity index is 737. The molecule has 0 unspecified atom stereocenters. The summed E-state index contributed by atoms with van der Waals surface area (Å²) in [5.41, 5.74) is 3.54. The van der Waals surface area contributed by atoms with Crippen LogP contribution >= 0.6 is 0 Å². The van der Waals surface area contributed by atoms with Crippen molar-refractivity contribution < 1.29 is 9.59 Å². The second-order valence-corrected chi connectivity index (χ2v) is 5.94. The zero-order valence-electron chi connectivity index (χ0n) is 13.8. The Morgan fingerprint density at radius 3 is 2.62 bits per heavy atom. The number of benzene rings is 1. The van der Waals surface area contributed by atoms with Crippen LogP contribution in [0.5, 0.6) is 0 Å². The fourth-order valence-electron chi connectivity index (χ4n) is 3.07. The maximum atomic E-state index is 12.5. The van der Waals surface area contributed by atoms with Crippen LogP contribution in [0.1, 0.15) is 41.0 Å². The Morgan fingerprint density at radius 2 is 1.88 bits per heavy atom. The van der Waals surface area contributed by atoms with E-state index in [2.05, 4.69) is 15.7 Å². The van der Waals surface area contributed by atoms with Gasteiger partial charge in [-0.25, -0.2) is 4.68 Å². The van der Waals surface area contributed by atoms with Crippen molar-refractivity contribution in [3.8, 4) is 5.69 Å². The van der Waals surface area contributed by atoms with Gasteiger partial charge in [0.25, 0.3) is 5.91 Å². The largest absolute Gasteiger partial charge is 0.358 e. The molecule has 0 atom stereocenters. The highest BCUT2D eigenvalue weighted by molar-refractivity contribution is 5.96. The van der Waals surface area contributed by atoms with E-state index in [0.29, 0.717) is 5.69 Å². The number of nitrogens with one attached hydrogen (secondary N) is 2. The second-order valence-electron chi connectivity index (χ2n) is 5.94. The molecule has 3 rings (SSSR count). The molecule has 0 radical (unpaired) electrons. The van der Waals surface area contributed by atoms with E-state index in [9.17, 15) is 9.59 Å². The van der Waals surface area contributed by atoms with Crippen LogP contribution < -0.4 is 10.6 Å². The van der Waals surface area contributed by atoms with Gasteiger partial charge in [-0.15, -0.1) is 0 Å². The van der Waals surface area contributed by atoms with Crippen LogP contribution in [0.2, 0.25) is 0 Å². The number of carbonyl (C=O) groups excluding carboxylic acids is 2. The molecule has 0 bridgehead atoms. The monoisotopic (exact) mass is 326 g/mol. The summed E-state index contributed by atoms with van der Waals surface area (Å²) in [5, 5.41) is 9.73. The Kier molecular flexibility index (Phi) is 4.93. The third-order valence-electron chi connectivity index (χ3n) is 4.33. The third-order valence-corrected chi connectivity index (χ3v) is 4.33. The highest BCUT2D eigenvalue weighted by Crippen LogP contribution is 2.26. The molecular formula is C18H22N4O2. The van der Waals surface area contributed by atoms with Gasteiger partial charge in [-0.05, 0) is 37.8 Å². The summed E-state index contributed by atoms with van der Waals surface area (Å²) in [6.07, 6.45) is 5.08. The predicted molar refractivity (Wildman–Crippen MR) is 91.2 cm³/mol. The quantitative estimate of drug-likeness (QED) is 0.838. The van der Waals surface area contributed by atoms with Gasteiger partial charge in [0.05, 0.1) is 12.2 Å². The fourth-order valence-corrected chi connectivity index (χ4v) is 3.07. The van der Waals surface area contributed by atoms with Gasteiger partial charge >= 0.3 is 0 Å². The topological polar surface area (TPSA) is 76.0 Å². The molecule has 6 heteroatoms. The number of nitrogens with zero attached hydrogens (tertiary/aromatic N) is 2. The third kappa shape index (κ3) is 3.32. The van der Waals surface area contributed by atoms with E-state index < -0.39 is 0 Å². The molecule has 24 heavy (non-hydrogen) atoms. The van der Waals surface area contributed by atoms with Crippen LogP contribution in [0.15, 0.2) is 30.3 Å². The average molecular weight is 326 g/mol. The van der Waals surface area contributed by atoms with Crippen LogP contribution in [-0.2, 0) is 17.6 Å². The molecule has 0 fully saturated rings. The first kappa shape index (κ1) is 16.2.